The highest BCUT2D eigenvalue weighted by molar-refractivity contribution is 5.92. The van der Waals surface area contributed by atoms with Crippen LogP contribution < -0.4 is 0 Å². The van der Waals surface area contributed by atoms with Crippen molar-refractivity contribution < 1.29 is 15.3 Å². The second kappa shape index (κ2) is 19.4. The lowest BCUT2D eigenvalue weighted by Gasteiger charge is -2.33. The third kappa shape index (κ3) is 8.35. The first-order chi connectivity index (χ1) is 26.8. The molecule has 3 heteroatoms. The average Bonchev–Trinajstić information content (AvgIpc) is 3.67. The minimum Gasteiger partial charge on any atom is -0.508 e. The molecule has 0 bridgehead atoms. The van der Waals surface area contributed by atoms with Gasteiger partial charge in [-0.25, -0.2) is 0 Å². The van der Waals surface area contributed by atoms with E-state index in [0.29, 0.717) is 23.5 Å². The molecule has 7 aromatic rings. The van der Waals surface area contributed by atoms with Crippen LogP contribution in [0.1, 0.15) is 126 Å². The second-order valence-electron chi connectivity index (χ2n) is 14.6. The Hall–Kier alpha value is -5.80. The Balaban J connectivity index is 0.000000222. The van der Waals surface area contributed by atoms with E-state index in [2.05, 4.69) is 113 Å². The zero-order chi connectivity index (χ0) is 39.1. The molecule has 57 heavy (non-hydrogen) atoms. The van der Waals surface area contributed by atoms with E-state index in [1.165, 1.54) is 56.1 Å². The van der Waals surface area contributed by atoms with Gasteiger partial charge in [0.25, 0.3) is 0 Å². The van der Waals surface area contributed by atoms with E-state index < -0.39 is 5.41 Å². The van der Waals surface area contributed by atoms with E-state index in [4.69, 9.17) is 0 Å². The summed E-state index contributed by atoms with van der Waals surface area (Å²) in [6, 6.07) is 53.0. The minimum absolute atomic E-state index is 0. The standard InChI is InChI=1S/C25H18O2.C22H22O.C3H8.C2H6.2CH4/c26-19-13-9-17(10-14-19)25(18-11-15-20(27)16-12-18)23-7-3-1-5-21(23)22-6-2-4-8-24(22)25;1-14(16-9-11-18(23)12-10-16)13-21-15(2)19-7-3-5-17-6-4-8-20(21)22(17)19;1-3-2;1-2;;/h1-16,26-27H;3-12,14-15,21,23H,13H2,1-2H3;3H2,1-2H3;1-2H3;2*1H4. The van der Waals surface area contributed by atoms with Gasteiger partial charge >= 0.3 is 0 Å². The van der Waals surface area contributed by atoms with Crippen LogP contribution in [-0.4, -0.2) is 15.3 Å². The molecular weight excluding hydrogens is 697 g/mol. The van der Waals surface area contributed by atoms with Gasteiger partial charge in [0.2, 0.25) is 0 Å². The van der Waals surface area contributed by atoms with E-state index >= 15 is 0 Å². The average molecular weight is 759 g/mol. The molecule has 0 saturated heterocycles. The maximum absolute atomic E-state index is 9.85. The van der Waals surface area contributed by atoms with Crippen molar-refractivity contribution in [3.05, 3.63) is 197 Å². The van der Waals surface area contributed by atoms with Gasteiger partial charge in [-0.15, -0.1) is 0 Å². The van der Waals surface area contributed by atoms with Crippen LogP contribution in [0.2, 0.25) is 0 Å². The summed E-state index contributed by atoms with van der Waals surface area (Å²) in [5, 5.41) is 32.0. The number of phenolic OH excluding ortho intramolecular Hbond substituents is 3. The number of phenols is 3. The highest BCUT2D eigenvalue weighted by Gasteiger charge is 2.45. The van der Waals surface area contributed by atoms with Crippen molar-refractivity contribution >= 4 is 10.8 Å². The van der Waals surface area contributed by atoms with Crippen LogP contribution in [0.5, 0.6) is 17.2 Å². The van der Waals surface area contributed by atoms with Crippen molar-refractivity contribution in [2.24, 2.45) is 0 Å². The van der Waals surface area contributed by atoms with Crippen LogP contribution >= 0.6 is 0 Å². The third-order valence-electron chi connectivity index (χ3n) is 11.1. The van der Waals surface area contributed by atoms with Gasteiger partial charge in [0.15, 0.2) is 0 Å². The molecule has 9 rings (SSSR count). The summed E-state index contributed by atoms with van der Waals surface area (Å²) in [6.07, 6.45) is 2.39. The van der Waals surface area contributed by atoms with Crippen molar-refractivity contribution in [2.45, 2.75) is 92.4 Å². The van der Waals surface area contributed by atoms with Crippen molar-refractivity contribution in [3.63, 3.8) is 0 Å². The first-order valence-corrected chi connectivity index (χ1v) is 19.9. The maximum atomic E-state index is 9.85. The third-order valence-corrected chi connectivity index (χ3v) is 11.1. The SMILES string of the molecule is C.C.CC.CC(CC1c2cccc3cccc(c23)C1C)c1ccc(O)cc1.CCC.Oc1ccc(C2(c3ccc(O)cc3)c3ccccc3-c3ccccc32)cc1. The van der Waals surface area contributed by atoms with Gasteiger partial charge in [-0.2, -0.15) is 0 Å². The van der Waals surface area contributed by atoms with Crippen LogP contribution in [0.15, 0.2) is 158 Å². The van der Waals surface area contributed by atoms with Gasteiger partial charge < -0.3 is 15.3 Å². The number of hydrogen-bond donors (Lipinski definition) is 3. The molecule has 0 radical (unpaired) electrons. The van der Waals surface area contributed by atoms with Crippen molar-refractivity contribution in [3.8, 4) is 28.4 Å². The van der Waals surface area contributed by atoms with E-state index in [0.717, 1.165) is 17.5 Å². The molecule has 0 spiro atoms. The monoisotopic (exact) mass is 758 g/mol. The molecule has 0 saturated carbocycles. The fraction of sp³-hybridized carbons (Fsp3) is 0.259. The van der Waals surface area contributed by atoms with E-state index in [1.54, 1.807) is 36.4 Å². The number of fused-ring (bicyclic) bond motifs is 3. The molecule has 3 unspecified atom stereocenters. The Morgan fingerprint density at radius 2 is 0.930 bits per heavy atom. The minimum atomic E-state index is -0.491. The molecule has 0 amide bonds. The quantitative estimate of drug-likeness (QED) is 0.164. The van der Waals surface area contributed by atoms with Crippen molar-refractivity contribution in [1.29, 1.82) is 0 Å². The maximum Gasteiger partial charge on any atom is 0.115 e. The zero-order valence-corrected chi connectivity index (χ0v) is 33.0. The van der Waals surface area contributed by atoms with Gasteiger partial charge in [-0.1, -0.05) is 184 Å². The molecule has 3 N–H and O–H groups in total. The molecule has 3 atom stereocenters. The summed E-state index contributed by atoms with van der Waals surface area (Å²) in [6.45, 7) is 12.9. The normalized spacial score (nSPS) is 15.3. The largest absolute Gasteiger partial charge is 0.508 e. The van der Waals surface area contributed by atoms with Crippen molar-refractivity contribution in [2.75, 3.05) is 0 Å². The molecule has 296 valence electrons. The van der Waals surface area contributed by atoms with Crippen LogP contribution in [0.3, 0.4) is 0 Å². The second-order valence-corrected chi connectivity index (χ2v) is 14.6. The number of benzene rings is 7. The smallest absolute Gasteiger partial charge is 0.115 e. The lowest BCUT2D eigenvalue weighted by Crippen LogP contribution is -2.28. The first-order valence-electron chi connectivity index (χ1n) is 19.9. The lowest BCUT2D eigenvalue weighted by atomic mass is 9.68. The summed E-state index contributed by atoms with van der Waals surface area (Å²) in [5.74, 6) is 2.45. The van der Waals surface area contributed by atoms with Crippen LogP contribution in [-0.2, 0) is 5.41 Å². The highest BCUT2D eigenvalue weighted by Crippen LogP contribution is 2.56. The molecule has 0 fully saturated rings. The van der Waals surface area contributed by atoms with E-state index in [9.17, 15) is 15.3 Å². The van der Waals surface area contributed by atoms with Gasteiger partial charge in [-0.05, 0) is 121 Å². The molecule has 0 aromatic heterocycles. The van der Waals surface area contributed by atoms with Gasteiger partial charge in [-0.3, -0.25) is 0 Å². The lowest BCUT2D eigenvalue weighted by molar-refractivity contribution is 0.473. The topological polar surface area (TPSA) is 60.7 Å². The predicted molar refractivity (Wildman–Crippen MR) is 244 cm³/mol. The molecule has 0 heterocycles. The Bertz CT molecular complexity index is 2220. The van der Waals surface area contributed by atoms with E-state index in [1.807, 2.05) is 50.2 Å². The molecule has 3 nitrogen and oxygen atoms in total. The fourth-order valence-corrected chi connectivity index (χ4v) is 8.67. The summed E-state index contributed by atoms with van der Waals surface area (Å²) < 4.78 is 0. The predicted octanol–water partition coefficient (Wildman–Crippen LogP) is 15.1. The molecule has 7 aromatic carbocycles. The van der Waals surface area contributed by atoms with Crippen LogP contribution in [0.25, 0.3) is 21.9 Å². The summed E-state index contributed by atoms with van der Waals surface area (Å²) in [5.41, 5.74) is 10.9. The van der Waals surface area contributed by atoms with E-state index in [-0.39, 0.29) is 26.4 Å². The number of rotatable bonds is 5. The van der Waals surface area contributed by atoms with Gasteiger partial charge in [0, 0.05) is 0 Å². The van der Waals surface area contributed by atoms with Crippen LogP contribution in [0, 0.1) is 0 Å². The molecular formula is C54H62O3. The number of hydrogen-bond acceptors (Lipinski definition) is 3. The van der Waals surface area contributed by atoms with Gasteiger partial charge in [0.1, 0.15) is 17.2 Å². The van der Waals surface area contributed by atoms with Gasteiger partial charge in [0.05, 0.1) is 5.41 Å². The first kappa shape index (κ1) is 43.9. The Morgan fingerprint density at radius 3 is 1.39 bits per heavy atom. The summed E-state index contributed by atoms with van der Waals surface area (Å²) in [4.78, 5) is 0. The summed E-state index contributed by atoms with van der Waals surface area (Å²) in [7, 11) is 0. The number of aromatic hydroxyl groups is 3. The zero-order valence-electron chi connectivity index (χ0n) is 33.0. The Labute approximate surface area is 342 Å². The van der Waals surface area contributed by atoms with Crippen molar-refractivity contribution in [1.82, 2.24) is 0 Å². The molecule has 2 aliphatic rings. The molecule has 0 aliphatic heterocycles. The summed E-state index contributed by atoms with van der Waals surface area (Å²) >= 11 is 0. The molecule has 2 aliphatic carbocycles. The van der Waals surface area contributed by atoms with Crippen LogP contribution in [0.4, 0.5) is 0 Å². The Morgan fingerprint density at radius 1 is 0.526 bits per heavy atom. The Kier molecular flexibility index (Phi) is 14.9. The fourth-order valence-electron chi connectivity index (χ4n) is 8.67. The highest BCUT2D eigenvalue weighted by atomic mass is 16.3.